The van der Waals surface area contributed by atoms with Crippen LogP contribution in [0.1, 0.15) is 12.7 Å². The van der Waals surface area contributed by atoms with Crippen LogP contribution in [0.15, 0.2) is 53.9 Å². The zero-order valence-corrected chi connectivity index (χ0v) is 13.3. The molecular weight excluding hydrogens is 316 g/mol. The maximum Gasteiger partial charge on any atom is 0.244 e. The summed E-state index contributed by atoms with van der Waals surface area (Å²) in [5.41, 5.74) is 0.791. The lowest BCUT2D eigenvalue weighted by Crippen LogP contribution is -2.24. The van der Waals surface area contributed by atoms with E-state index in [2.05, 4.69) is 20.0 Å². The van der Waals surface area contributed by atoms with Gasteiger partial charge in [0.25, 0.3) is 0 Å². The van der Waals surface area contributed by atoms with Gasteiger partial charge in [-0.15, -0.1) is 10.2 Å². The lowest BCUT2D eigenvalue weighted by atomic mass is 10.3. The van der Waals surface area contributed by atoms with Gasteiger partial charge in [-0.05, 0) is 19.1 Å². The number of rotatable bonds is 6. The minimum absolute atomic E-state index is 0.0761. The first kappa shape index (κ1) is 15.4. The summed E-state index contributed by atoms with van der Waals surface area (Å²) in [5, 5.41) is 11.8. The third-order valence-electron chi connectivity index (χ3n) is 3.35. The highest BCUT2D eigenvalue weighted by Crippen LogP contribution is 2.12. The van der Waals surface area contributed by atoms with Gasteiger partial charge in [-0.3, -0.25) is 0 Å². The van der Waals surface area contributed by atoms with Gasteiger partial charge in [-0.1, -0.05) is 18.2 Å². The van der Waals surface area contributed by atoms with E-state index in [0.717, 1.165) is 5.69 Å². The van der Waals surface area contributed by atoms with Crippen LogP contribution < -0.4 is 4.72 Å². The van der Waals surface area contributed by atoms with Crippen molar-refractivity contribution in [2.24, 2.45) is 0 Å². The molecule has 0 aliphatic rings. The van der Waals surface area contributed by atoms with Crippen LogP contribution in [0.2, 0.25) is 0 Å². The van der Waals surface area contributed by atoms with Crippen LogP contribution in [0.25, 0.3) is 5.69 Å². The number of aryl methyl sites for hydroxylation is 1. The Balaban J connectivity index is 1.77. The molecule has 0 aliphatic carbocycles. The third kappa shape index (κ3) is 3.30. The highest BCUT2D eigenvalue weighted by atomic mass is 32.2. The molecule has 1 aromatic carbocycles. The predicted molar refractivity (Wildman–Crippen MR) is 83.3 cm³/mol. The zero-order chi connectivity index (χ0) is 16.3. The van der Waals surface area contributed by atoms with Crippen LogP contribution in [-0.4, -0.2) is 33.0 Å². The van der Waals surface area contributed by atoms with Crippen molar-refractivity contribution in [2.75, 3.05) is 0 Å². The number of aromatic nitrogens is 5. The predicted octanol–water partition coefficient (Wildman–Crippen LogP) is 0.962. The van der Waals surface area contributed by atoms with Gasteiger partial charge in [0.1, 0.15) is 17.0 Å². The number of para-hydroxylation sites is 1. The maximum absolute atomic E-state index is 12.3. The summed E-state index contributed by atoms with van der Waals surface area (Å²) in [6, 6.07) is 9.30. The first-order valence-corrected chi connectivity index (χ1v) is 8.55. The van der Waals surface area contributed by atoms with Crippen molar-refractivity contribution < 1.29 is 8.42 Å². The van der Waals surface area contributed by atoms with Crippen molar-refractivity contribution in [3.63, 3.8) is 0 Å². The van der Waals surface area contributed by atoms with E-state index < -0.39 is 10.0 Å². The molecule has 0 saturated heterocycles. The molecule has 1 N–H and O–H groups in total. The van der Waals surface area contributed by atoms with Crippen molar-refractivity contribution in [3.8, 4) is 5.69 Å². The van der Waals surface area contributed by atoms with Gasteiger partial charge in [-0.25, -0.2) is 17.8 Å². The fraction of sp³-hybridized carbons (Fsp3) is 0.214. The highest BCUT2D eigenvalue weighted by molar-refractivity contribution is 7.89. The first-order valence-electron chi connectivity index (χ1n) is 7.06. The maximum atomic E-state index is 12.3. The van der Waals surface area contributed by atoms with Gasteiger partial charge in [0.05, 0.1) is 24.6 Å². The summed E-state index contributed by atoms with van der Waals surface area (Å²) >= 11 is 0. The van der Waals surface area contributed by atoms with Gasteiger partial charge >= 0.3 is 0 Å². The molecule has 3 rings (SSSR count). The Labute approximate surface area is 133 Å². The van der Waals surface area contributed by atoms with Crippen molar-refractivity contribution in [1.29, 1.82) is 0 Å². The SMILES string of the molecule is CCn1cnnc1CNS(=O)(=O)c1cnn(-c2ccccc2)c1. The lowest BCUT2D eigenvalue weighted by Gasteiger charge is -2.05. The molecule has 2 heterocycles. The molecule has 0 fully saturated rings. The average Bonchev–Trinajstić information content (AvgIpc) is 3.23. The molecule has 0 aliphatic heterocycles. The van der Waals surface area contributed by atoms with Crippen molar-refractivity contribution >= 4 is 10.0 Å². The van der Waals surface area contributed by atoms with E-state index in [1.165, 1.54) is 17.1 Å². The summed E-state index contributed by atoms with van der Waals surface area (Å²) in [5.74, 6) is 0.562. The van der Waals surface area contributed by atoms with Gasteiger partial charge in [0.15, 0.2) is 0 Å². The molecule has 120 valence electrons. The van der Waals surface area contributed by atoms with E-state index in [9.17, 15) is 8.42 Å². The first-order chi connectivity index (χ1) is 11.1. The molecule has 23 heavy (non-hydrogen) atoms. The Morgan fingerprint density at radius 2 is 2.00 bits per heavy atom. The topological polar surface area (TPSA) is 94.7 Å². The van der Waals surface area contributed by atoms with Crippen LogP contribution in [0.4, 0.5) is 0 Å². The van der Waals surface area contributed by atoms with Crippen LogP contribution >= 0.6 is 0 Å². The Morgan fingerprint density at radius 1 is 1.22 bits per heavy atom. The quantitative estimate of drug-likeness (QED) is 0.725. The number of sulfonamides is 1. The molecular formula is C14H16N6O2S. The Morgan fingerprint density at radius 3 is 2.74 bits per heavy atom. The van der Waals surface area contributed by atoms with Gasteiger partial charge in [0, 0.05) is 6.54 Å². The summed E-state index contributed by atoms with van der Waals surface area (Å²) in [6.45, 7) is 2.69. The molecule has 0 atom stereocenters. The zero-order valence-electron chi connectivity index (χ0n) is 12.5. The fourth-order valence-corrected chi connectivity index (χ4v) is 3.00. The van der Waals surface area contributed by atoms with Crippen LogP contribution in [-0.2, 0) is 23.1 Å². The minimum atomic E-state index is -3.66. The van der Waals surface area contributed by atoms with Crippen molar-refractivity contribution in [2.45, 2.75) is 24.9 Å². The Bertz CT molecular complexity index is 885. The molecule has 0 amide bonds. The molecule has 0 bridgehead atoms. The Kier molecular flexibility index (Phi) is 4.22. The van der Waals surface area contributed by atoms with E-state index in [1.807, 2.05) is 37.3 Å². The molecule has 0 spiro atoms. The largest absolute Gasteiger partial charge is 0.317 e. The van der Waals surface area contributed by atoms with E-state index in [0.29, 0.717) is 12.4 Å². The minimum Gasteiger partial charge on any atom is -0.317 e. The van der Waals surface area contributed by atoms with E-state index in [4.69, 9.17) is 0 Å². The second-order valence-electron chi connectivity index (χ2n) is 4.81. The van der Waals surface area contributed by atoms with Crippen LogP contribution in [0.5, 0.6) is 0 Å². The van der Waals surface area contributed by atoms with Crippen LogP contribution in [0, 0.1) is 0 Å². The summed E-state index contributed by atoms with van der Waals surface area (Å²) in [7, 11) is -3.66. The van der Waals surface area contributed by atoms with Gasteiger partial charge in [-0.2, -0.15) is 5.10 Å². The van der Waals surface area contributed by atoms with E-state index in [-0.39, 0.29) is 11.4 Å². The monoisotopic (exact) mass is 332 g/mol. The summed E-state index contributed by atoms with van der Waals surface area (Å²) in [4.78, 5) is 0.101. The molecule has 9 heteroatoms. The normalized spacial score (nSPS) is 11.7. The number of nitrogens with one attached hydrogen (secondary N) is 1. The molecule has 2 aromatic heterocycles. The van der Waals surface area contributed by atoms with E-state index in [1.54, 1.807) is 10.9 Å². The summed E-state index contributed by atoms with van der Waals surface area (Å²) in [6.07, 6.45) is 4.36. The molecule has 3 aromatic rings. The number of benzene rings is 1. The lowest BCUT2D eigenvalue weighted by molar-refractivity contribution is 0.575. The molecule has 8 nitrogen and oxygen atoms in total. The highest BCUT2D eigenvalue weighted by Gasteiger charge is 2.18. The van der Waals surface area contributed by atoms with Crippen LogP contribution in [0.3, 0.4) is 0 Å². The smallest absolute Gasteiger partial charge is 0.244 e. The number of hydrogen-bond donors (Lipinski definition) is 1. The second-order valence-corrected chi connectivity index (χ2v) is 6.58. The summed E-state index contributed by atoms with van der Waals surface area (Å²) < 4.78 is 30.5. The van der Waals surface area contributed by atoms with Crippen molar-refractivity contribution in [3.05, 3.63) is 54.9 Å². The van der Waals surface area contributed by atoms with Gasteiger partial charge in [0.2, 0.25) is 10.0 Å². The number of nitrogens with zero attached hydrogens (tertiary/aromatic N) is 5. The third-order valence-corrected chi connectivity index (χ3v) is 4.70. The van der Waals surface area contributed by atoms with Gasteiger partial charge < -0.3 is 4.57 Å². The second kappa shape index (κ2) is 6.31. The number of hydrogen-bond acceptors (Lipinski definition) is 5. The average molecular weight is 332 g/mol. The molecule has 0 unspecified atom stereocenters. The Hall–Kier alpha value is -2.52. The fourth-order valence-electron chi connectivity index (χ4n) is 2.09. The van der Waals surface area contributed by atoms with Crippen molar-refractivity contribution in [1.82, 2.24) is 29.3 Å². The molecule has 0 saturated carbocycles. The standard InChI is InChI=1S/C14H16N6O2S/c1-2-19-11-15-18-14(19)9-17-23(21,22)13-8-16-20(10-13)12-6-4-3-5-7-12/h3-8,10-11,17H,2,9H2,1H3. The van der Waals surface area contributed by atoms with E-state index >= 15 is 0 Å². The molecule has 0 radical (unpaired) electrons.